The molecule has 0 aromatic heterocycles. The van der Waals surface area contributed by atoms with E-state index in [1.165, 1.54) is 0 Å². The maximum Gasteiger partial charge on any atom is 0.222 e. The van der Waals surface area contributed by atoms with Crippen LogP contribution in [0.1, 0.15) is 40.0 Å². The number of carbonyl (C=O) groups is 1. The minimum Gasteiger partial charge on any atom is -0.340 e. The molecule has 0 bridgehead atoms. The fraction of sp³-hybridized carbons (Fsp3) is 0.846. The normalized spacial score (nSPS) is 24.1. The largest absolute Gasteiger partial charge is 0.340 e. The van der Waals surface area contributed by atoms with Crippen molar-refractivity contribution < 1.29 is 4.79 Å². The zero-order valence-corrected chi connectivity index (χ0v) is 11.6. The molecule has 0 N–H and O–H groups in total. The molecule has 0 radical (unpaired) electrons. The summed E-state index contributed by atoms with van der Waals surface area (Å²) in [5.41, 5.74) is 0.242. The van der Waals surface area contributed by atoms with E-state index in [0.717, 1.165) is 19.4 Å². The SMILES string of the molecule is CC(C)(C)C1CCC(=O)N(CC(Cl)C#N)CC1. The van der Waals surface area contributed by atoms with Gasteiger partial charge in [0.2, 0.25) is 5.91 Å². The average molecular weight is 257 g/mol. The molecule has 1 rings (SSSR count). The third-order valence-electron chi connectivity index (χ3n) is 3.55. The van der Waals surface area contributed by atoms with Crippen LogP contribution in [0, 0.1) is 22.7 Å². The molecular formula is C13H21ClN2O. The van der Waals surface area contributed by atoms with Crippen molar-refractivity contribution in [3.63, 3.8) is 0 Å². The van der Waals surface area contributed by atoms with Crippen LogP contribution in [0.25, 0.3) is 0 Å². The van der Waals surface area contributed by atoms with Crippen LogP contribution in [0.15, 0.2) is 0 Å². The van der Waals surface area contributed by atoms with Gasteiger partial charge in [-0.05, 0) is 24.2 Å². The molecule has 0 saturated carbocycles. The Morgan fingerprint density at radius 1 is 1.53 bits per heavy atom. The second-order valence-corrected chi connectivity index (χ2v) is 6.35. The third-order valence-corrected chi connectivity index (χ3v) is 3.79. The Hall–Kier alpha value is -0.750. The number of likely N-dealkylation sites (tertiary alicyclic amines) is 1. The number of nitrogens with zero attached hydrogens (tertiary/aromatic N) is 2. The van der Waals surface area contributed by atoms with Crippen LogP contribution in [-0.2, 0) is 4.79 Å². The van der Waals surface area contributed by atoms with Crippen LogP contribution in [-0.4, -0.2) is 29.3 Å². The maximum absolute atomic E-state index is 11.9. The molecule has 1 aliphatic rings. The fourth-order valence-electron chi connectivity index (χ4n) is 2.33. The van der Waals surface area contributed by atoms with Crippen molar-refractivity contribution in [1.29, 1.82) is 5.26 Å². The Kier molecular flexibility index (Phi) is 4.82. The lowest BCUT2D eigenvalue weighted by molar-refractivity contribution is -0.130. The van der Waals surface area contributed by atoms with Crippen molar-refractivity contribution in [3.8, 4) is 6.07 Å². The number of carbonyl (C=O) groups excluding carboxylic acids is 1. The molecular weight excluding hydrogens is 236 g/mol. The van der Waals surface area contributed by atoms with Crippen molar-refractivity contribution >= 4 is 17.5 Å². The van der Waals surface area contributed by atoms with E-state index in [1.807, 2.05) is 6.07 Å². The quantitative estimate of drug-likeness (QED) is 0.713. The number of halogens is 1. The minimum atomic E-state index is -0.592. The fourth-order valence-corrected chi connectivity index (χ4v) is 2.50. The van der Waals surface area contributed by atoms with Gasteiger partial charge < -0.3 is 4.90 Å². The lowest BCUT2D eigenvalue weighted by Gasteiger charge is -2.29. The molecule has 2 atom stereocenters. The second kappa shape index (κ2) is 5.73. The van der Waals surface area contributed by atoms with E-state index in [2.05, 4.69) is 20.8 Å². The van der Waals surface area contributed by atoms with Crippen LogP contribution in [0.2, 0.25) is 0 Å². The van der Waals surface area contributed by atoms with Gasteiger partial charge in [0.05, 0.1) is 12.6 Å². The minimum absolute atomic E-state index is 0.137. The van der Waals surface area contributed by atoms with E-state index < -0.39 is 5.38 Å². The molecule has 1 saturated heterocycles. The second-order valence-electron chi connectivity index (χ2n) is 5.83. The first-order valence-corrected chi connectivity index (χ1v) is 6.59. The highest BCUT2D eigenvalue weighted by atomic mass is 35.5. The summed E-state index contributed by atoms with van der Waals surface area (Å²) in [5, 5.41) is 8.09. The van der Waals surface area contributed by atoms with E-state index in [4.69, 9.17) is 16.9 Å². The van der Waals surface area contributed by atoms with Crippen molar-refractivity contribution in [2.45, 2.75) is 45.4 Å². The van der Waals surface area contributed by atoms with Gasteiger partial charge in [-0.15, -0.1) is 11.6 Å². The van der Waals surface area contributed by atoms with Crippen LogP contribution in [0.4, 0.5) is 0 Å². The van der Waals surface area contributed by atoms with Crippen molar-refractivity contribution in [2.24, 2.45) is 11.3 Å². The molecule has 4 heteroatoms. The predicted molar refractivity (Wildman–Crippen MR) is 68.6 cm³/mol. The summed E-state index contributed by atoms with van der Waals surface area (Å²) < 4.78 is 0. The Morgan fingerprint density at radius 2 is 2.18 bits per heavy atom. The van der Waals surface area contributed by atoms with Gasteiger partial charge in [-0.2, -0.15) is 5.26 Å². The number of hydrogen-bond acceptors (Lipinski definition) is 2. The molecule has 1 heterocycles. The Labute approximate surface area is 109 Å². The Balaban J connectivity index is 2.61. The number of hydrogen-bond donors (Lipinski definition) is 0. The van der Waals surface area contributed by atoms with Gasteiger partial charge >= 0.3 is 0 Å². The predicted octanol–water partition coefficient (Wildman–Crippen LogP) is 2.79. The van der Waals surface area contributed by atoms with Crippen molar-refractivity contribution in [1.82, 2.24) is 4.90 Å². The summed E-state index contributed by atoms with van der Waals surface area (Å²) in [6, 6.07) is 1.97. The maximum atomic E-state index is 11.9. The molecule has 0 aliphatic carbocycles. The van der Waals surface area contributed by atoms with Crippen LogP contribution in [0.5, 0.6) is 0 Å². The molecule has 2 unspecified atom stereocenters. The van der Waals surface area contributed by atoms with Crippen LogP contribution in [0.3, 0.4) is 0 Å². The van der Waals surface area contributed by atoms with Gasteiger partial charge in [-0.1, -0.05) is 20.8 Å². The summed E-state index contributed by atoms with van der Waals surface area (Å²) in [4.78, 5) is 13.6. The van der Waals surface area contributed by atoms with Crippen molar-refractivity contribution in [2.75, 3.05) is 13.1 Å². The molecule has 96 valence electrons. The number of rotatable bonds is 2. The number of nitriles is 1. The Morgan fingerprint density at radius 3 is 2.71 bits per heavy atom. The standard InChI is InChI=1S/C13H21ClN2O/c1-13(2,3)10-4-5-12(17)16(7-6-10)9-11(14)8-15/h10-11H,4-7,9H2,1-3H3. The van der Waals surface area contributed by atoms with E-state index in [9.17, 15) is 4.79 Å². The zero-order valence-electron chi connectivity index (χ0n) is 10.9. The van der Waals surface area contributed by atoms with Gasteiger partial charge in [0.1, 0.15) is 5.38 Å². The third kappa shape index (κ3) is 4.20. The van der Waals surface area contributed by atoms with Crippen molar-refractivity contribution in [3.05, 3.63) is 0 Å². The van der Waals surface area contributed by atoms with Gasteiger partial charge in [-0.3, -0.25) is 4.79 Å². The van der Waals surface area contributed by atoms with E-state index in [-0.39, 0.29) is 11.3 Å². The molecule has 17 heavy (non-hydrogen) atoms. The summed E-state index contributed by atoms with van der Waals surface area (Å²) in [7, 11) is 0. The van der Waals surface area contributed by atoms with E-state index in [0.29, 0.717) is 18.9 Å². The summed E-state index contributed by atoms with van der Waals surface area (Å²) in [6.45, 7) is 7.74. The highest BCUT2D eigenvalue weighted by Crippen LogP contribution is 2.34. The molecule has 3 nitrogen and oxygen atoms in total. The highest BCUT2D eigenvalue weighted by Gasteiger charge is 2.30. The lowest BCUT2D eigenvalue weighted by atomic mass is 9.77. The summed E-state index contributed by atoms with van der Waals surface area (Å²) in [6.07, 6.45) is 2.53. The topological polar surface area (TPSA) is 44.1 Å². The smallest absolute Gasteiger partial charge is 0.222 e. The van der Waals surface area contributed by atoms with E-state index in [1.54, 1.807) is 4.90 Å². The summed E-state index contributed by atoms with van der Waals surface area (Å²) in [5.74, 6) is 0.699. The number of amides is 1. The van der Waals surface area contributed by atoms with Gasteiger partial charge in [0.15, 0.2) is 0 Å². The first-order chi connectivity index (χ1) is 7.84. The molecule has 0 spiro atoms. The molecule has 1 amide bonds. The van der Waals surface area contributed by atoms with Gasteiger partial charge in [0, 0.05) is 13.0 Å². The van der Waals surface area contributed by atoms with Gasteiger partial charge in [-0.25, -0.2) is 0 Å². The first-order valence-electron chi connectivity index (χ1n) is 6.16. The monoisotopic (exact) mass is 256 g/mol. The Bertz CT molecular complexity index is 316. The molecule has 0 aromatic carbocycles. The number of alkyl halides is 1. The van der Waals surface area contributed by atoms with E-state index >= 15 is 0 Å². The van der Waals surface area contributed by atoms with Crippen LogP contribution >= 0.6 is 11.6 Å². The first kappa shape index (κ1) is 14.3. The average Bonchev–Trinajstić information content (AvgIpc) is 2.41. The molecule has 0 aromatic rings. The van der Waals surface area contributed by atoms with Crippen LogP contribution < -0.4 is 0 Å². The highest BCUT2D eigenvalue weighted by molar-refractivity contribution is 6.22. The molecule has 1 fully saturated rings. The molecule has 1 aliphatic heterocycles. The summed E-state index contributed by atoms with van der Waals surface area (Å²) >= 11 is 5.79. The lowest BCUT2D eigenvalue weighted by Crippen LogP contribution is -2.35. The van der Waals surface area contributed by atoms with Gasteiger partial charge in [0.25, 0.3) is 0 Å². The zero-order chi connectivity index (χ0) is 13.1.